The second-order valence-corrected chi connectivity index (χ2v) is 6.73. The van der Waals surface area contributed by atoms with Crippen molar-refractivity contribution < 1.29 is 4.74 Å². The molecule has 10 nitrogen and oxygen atoms in total. The van der Waals surface area contributed by atoms with Crippen molar-refractivity contribution >= 4 is 34.1 Å². The molecule has 0 radical (unpaired) electrons. The predicted octanol–water partition coefficient (Wildman–Crippen LogP) is 2.85. The van der Waals surface area contributed by atoms with Gasteiger partial charge in [0.1, 0.15) is 16.9 Å². The Bertz CT molecular complexity index is 1340. The summed E-state index contributed by atoms with van der Waals surface area (Å²) in [6, 6.07) is 13.4. The van der Waals surface area contributed by atoms with Gasteiger partial charge < -0.3 is 20.8 Å². The molecule has 4 aromatic heterocycles. The van der Waals surface area contributed by atoms with E-state index in [1.165, 1.54) is 0 Å². The Balaban J connectivity index is 1.65. The number of aromatic nitrogens is 7. The summed E-state index contributed by atoms with van der Waals surface area (Å²) in [6.45, 7) is 1.99. The second kappa shape index (κ2) is 6.99. The van der Waals surface area contributed by atoms with Crippen molar-refractivity contribution in [2.75, 3.05) is 18.2 Å². The number of ether oxygens (including phenoxy) is 1. The number of aromatic amines is 1. The van der Waals surface area contributed by atoms with Gasteiger partial charge in [0.05, 0.1) is 19.5 Å². The van der Waals surface area contributed by atoms with Crippen LogP contribution in [0.15, 0.2) is 48.8 Å². The summed E-state index contributed by atoms with van der Waals surface area (Å²) in [5.41, 5.74) is 9.44. The lowest BCUT2D eigenvalue weighted by molar-refractivity contribution is 0.399. The highest BCUT2D eigenvalue weighted by Crippen LogP contribution is 2.28. The molecule has 30 heavy (non-hydrogen) atoms. The summed E-state index contributed by atoms with van der Waals surface area (Å²) >= 11 is 0. The van der Waals surface area contributed by atoms with Gasteiger partial charge in [0, 0.05) is 11.8 Å². The van der Waals surface area contributed by atoms with Gasteiger partial charge in [-0.15, -0.1) is 0 Å². The molecule has 1 unspecified atom stereocenters. The number of para-hydroxylation sites is 1. The van der Waals surface area contributed by atoms with Gasteiger partial charge in [-0.05, 0) is 25.1 Å². The first-order valence-electron chi connectivity index (χ1n) is 9.36. The number of pyridine rings is 1. The molecule has 0 aliphatic carbocycles. The molecule has 5 rings (SSSR count). The molecule has 0 spiro atoms. The van der Waals surface area contributed by atoms with E-state index >= 15 is 0 Å². The van der Waals surface area contributed by atoms with Crippen molar-refractivity contribution in [3.05, 3.63) is 54.6 Å². The van der Waals surface area contributed by atoms with Crippen LogP contribution < -0.4 is 15.8 Å². The number of nitrogens with zero attached hydrogens (tertiary/aromatic N) is 6. The van der Waals surface area contributed by atoms with Gasteiger partial charge in [-0.1, -0.05) is 18.2 Å². The van der Waals surface area contributed by atoms with Crippen molar-refractivity contribution in [3.63, 3.8) is 0 Å². The number of nitrogens with one attached hydrogen (secondary N) is 2. The lowest BCUT2D eigenvalue weighted by Crippen LogP contribution is -2.15. The molecule has 1 aromatic carbocycles. The molecule has 0 bridgehead atoms. The number of benzene rings is 1. The maximum Gasteiger partial charge on any atom is 0.224 e. The number of rotatable bonds is 5. The standard InChI is InChI=1S/C20H19N9O/c1-11(24-17-15-16(23-10-22-15)27-20(21)28-17)18-25-13-8-9-14(30-2)26-19(13)29(18)12-6-4-3-5-7-12/h3-11H,1-2H3,(H4,21,22,23,24,27,28). The highest BCUT2D eigenvalue weighted by atomic mass is 16.5. The molecule has 10 heteroatoms. The van der Waals surface area contributed by atoms with Gasteiger partial charge in [0.15, 0.2) is 17.1 Å². The third kappa shape index (κ3) is 2.94. The van der Waals surface area contributed by atoms with E-state index in [1.807, 2.05) is 47.9 Å². The van der Waals surface area contributed by atoms with E-state index in [0.29, 0.717) is 28.5 Å². The van der Waals surface area contributed by atoms with Crippen LogP contribution in [-0.4, -0.2) is 41.6 Å². The van der Waals surface area contributed by atoms with Crippen LogP contribution in [0, 0.1) is 0 Å². The highest BCUT2D eigenvalue weighted by Gasteiger charge is 2.21. The molecule has 0 fully saturated rings. The number of hydrogen-bond acceptors (Lipinski definition) is 8. The van der Waals surface area contributed by atoms with Gasteiger partial charge in [-0.25, -0.2) is 9.97 Å². The topological polar surface area (TPSA) is 132 Å². The largest absolute Gasteiger partial charge is 0.481 e. The molecule has 4 heterocycles. The smallest absolute Gasteiger partial charge is 0.224 e. The van der Waals surface area contributed by atoms with E-state index < -0.39 is 0 Å². The first-order chi connectivity index (χ1) is 14.6. The quantitative estimate of drug-likeness (QED) is 0.409. The zero-order valence-corrected chi connectivity index (χ0v) is 16.4. The summed E-state index contributed by atoms with van der Waals surface area (Å²) in [7, 11) is 1.59. The van der Waals surface area contributed by atoms with E-state index in [4.69, 9.17) is 15.5 Å². The normalized spacial score (nSPS) is 12.3. The summed E-state index contributed by atoms with van der Waals surface area (Å²) in [6.07, 6.45) is 1.56. The Labute approximate surface area is 171 Å². The Morgan fingerprint density at radius 3 is 2.70 bits per heavy atom. The maximum atomic E-state index is 5.86. The van der Waals surface area contributed by atoms with Crippen LogP contribution in [0.5, 0.6) is 5.88 Å². The number of fused-ring (bicyclic) bond motifs is 2. The first kappa shape index (κ1) is 17.9. The van der Waals surface area contributed by atoms with Crippen molar-refractivity contribution in [3.8, 4) is 11.6 Å². The SMILES string of the molecule is COc1ccc2nc(C(C)Nc3nc(N)nc4[nH]cnc34)n(-c3ccccc3)c2n1. The van der Waals surface area contributed by atoms with Crippen LogP contribution >= 0.6 is 0 Å². The molecule has 150 valence electrons. The highest BCUT2D eigenvalue weighted by molar-refractivity contribution is 5.83. The zero-order valence-electron chi connectivity index (χ0n) is 16.4. The number of methoxy groups -OCH3 is 1. The minimum Gasteiger partial charge on any atom is -0.481 e. The van der Waals surface area contributed by atoms with Crippen LogP contribution in [0.4, 0.5) is 11.8 Å². The number of H-pyrrole nitrogens is 1. The van der Waals surface area contributed by atoms with Crippen molar-refractivity contribution in [1.29, 1.82) is 0 Å². The van der Waals surface area contributed by atoms with Crippen molar-refractivity contribution in [1.82, 2.24) is 34.5 Å². The fourth-order valence-electron chi connectivity index (χ4n) is 3.42. The summed E-state index contributed by atoms with van der Waals surface area (Å²) in [5.74, 6) is 1.97. The molecule has 4 N–H and O–H groups in total. The molecule has 0 saturated heterocycles. The summed E-state index contributed by atoms with van der Waals surface area (Å²) < 4.78 is 7.32. The van der Waals surface area contributed by atoms with Crippen LogP contribution in [0.1, 0.15) is 18.8 Å². The number of nitrogen functional groups attached to an aromatic ring is 1. The van der Waals surface area contributed by atoms with Gasteiger partial charge in [0.25, 0.3) is 0 Å². The first-order valence-corrected chi connectivity index (χ1v) is 9.36. The second-order valence-electron chi connectivity index (χ2n) is 6.73. The predicted molar refractivity (Wildman–Crippen MR) is 114 cm³/mol. The lowest BCUT2D eigenvalue weighted by atomic mass is 10.2. The lowest BCUT2D eigenvalue weighted by Gasteiger charge is -2.17. The maximum absolute atomic E-state index is 5.86. The van der Waals surface area contributed by atoms with E-state index in [2.05, 4.69) is 30.2 Å². The summed E-state index contributed by atoms with van der Waals surface area (Å²) in [5, 5.41) is 3.37. The molecule has 5 aromatic rings. The number of imidazole rings is 2. The number of hydrogen-bond donors (Lipinski definition) is 3. The van der Waals surface area contributed by atoms with Gasteiger partial charge in [0.2, 0.25) is 11.8 Å². The van der Waals surface area contributed by atoms with E-state index in [-0.39, 0.29) is 12.0 Å². The van der Waals surface area contributed by atoms with Crippen molar-refractivity contribution in [2.45, 2.75) is 13.0 Å². The monoisotopic (exact) mass is 401 g/mol. The fourth-order valence-corrected chi connectivity index (χ4v) is 3.42. The molecule has 0 amide bonds. The average Bonchev–Trinajstić information content (AvgIpc) is 3.38. The van der Waals surface area contributed by atoms with E-state index in [9.17, 15) is 0 Å². The van der Waals surface area contributed by atoms with Gasteiger partial charge in [-0.2, -0.15) is 15.0 Å². The van der Waals surface area contributed by atoms with Crippen LogP contribution in [-0.2, 0) is 0 Å². The zero-order chi connectivity index (χ0) is 20.7. The van der Waals surface area contributed by atoms with Crippen LogP contribution in [0.25, 0.3) is 28.0 Å². The van der Waals surface area contributed by atoms with Crippen molar-refractivity contribution in [2.24, 2.45) is 0 Å². The Hall–Kier alpha value is -4.21. The molecular weight excluding hydrogens is 382 g/mol. The number of anilines is 2. The Kier molecular flexibility index (Phi) is 4.16. The molecule has 0 aliphatic heterocycles. The minimum atomic E-state index is -0.236. The van der Waals surface area contributed by atoms with Crippen LogP contribution in [0.3, 0.4) is 0 Å². The fraction of sp³-hybridized carbons (Fsp3) is 0.150. The number of nitrogens with two attached hydrogens (primary N) is 1. The Morgan fingerprint density at radius 2 is 1.90 bits per heavy atom. The summed E-state index contributed by atoms with van der Waals surface area (Å²) in [4.78, 5) is 25.2. The Morgan fingerprint density at radius 1 is 1.07 bits per heavy atom. The van der Waals surface area contributed by atoms with E-state index in [0.717, 1.165) is 17.0 Å². The molecule has 1 atom stereocenters. The molecule has 0 saturated carbocycles. The minimum absolute atomic E-state index is 0.157. The van der Waals surface area contributed by atoms with Gasteiger partial charge >= 0.3 is 0 Å². The third-order valence-electron chi connectivity index (χ3n) is 4.77. The van der Waals surface area contributed by atoms with Gasteiger partial charge in [-0.3, -0.25) is 4.57 Å². The molecular formula is C20H19N9O. The third-order valence-corrected chi connectivity index (χ3v) is 4.77. The van der Waals surface area contributed by atoms with E-state index in [1.54, 1.807) is 19.5 Å². The average molecular weight is 401 g/mol. The van der Waals surface area contributed by atoms with Crippen LogP contribution in [0.2, 0.25) is 0 Å². The molecule has 0 aliphatic rings.